The van der Waals surface area contributed by atoms with E-state index in [-0.39, 0.29) is 6.04 Å². The maximum Gasteiger partial charge on any atom is 0.138 e. The summed E-state index contributed by atoms with van der Waals surface area (Å²) in [4.78, 5) is 6.21. The lowest BCUT2D eigenvalue weighted by Gasteiger charge is -2.26. The molecule has 0 spiro atoms. The minimum atomic E-state index is 0.167. The summed E-state index contributed by atoms with van der Waals surface area (Å²) in [6.45, 7) is 2.77. The molecule has 0 bridgehead atoms. The van der Waals surface area contributed by atoms with E-state index in [1.54, 1.807) is 24.2 Å². The SMILES string of the molecule is COc1ccc2ccc(O)c(CN(C)[C@H](C)c3ccc(-n4cncn4)cc3)c2c1. The molecule has 1 heterocycles. The number of aromatic nitrogens is 3. The Balaban J connectivity index is 1.59. The topological polar surface area (TPSA) is 63.4 Å². The highest BCUT2D eigenvalue weighted by Crippen LogP contribution is 2.32. The first kappa shape index (κ1) is 19.0. The summed E-state index contributed by atoms with van der Waals surface area (Å²) in [7, 11) is 3.72. The molecule has 0 aliphatic heterocycles. The van der Waals surface area contributed by atoms with Crippen LogP contribution in [0.3, 0.4) is 0 Å². The highest BCUT2D eigenvalue weighted by atomic mass is 16.5. The third kappa shape index (κ3) is 3.79. The zero-order valence-corrected chi connectivity index (χ0v) is 16.8. The van der Waals surface area contributed by atoms with Crippen molar-refractivity contribution in [3.05, 3.63) is 78.4 Å². The van der Waals surface area contributed by atoms with Crippen LogP contribution in [0.4, 0.5) is 0 Å². The summed E-state index contributed by atoms with van der Waals surface area (Å²) < 4.78 is 7.11. The Labute approximate surface area is 170 Å². The molecule has 0 saturated carbocycles. The van der Waals surface area contributed by atoms with E-state index < -0.39 is 0 Å². The third-order valence-corrected chi connectivity index (χ3v) is 5.44. The average molecular weight is 388 g/mol. The molecule has 0 unspecified atom stereocenters. The summed E-state index contributed by atoms with van der Waals surface area (Å²) in [5, 5.41) is 16.8. The Kier molecular flexibility index (Phi) is 5.18. The number of phenolic OH excluding ortho intramolecular Hbond substituents is 1. The summed E-state index contributed by atoms with van der Waals surface area (Å²) in [6, 6.07) is 18.1. The molecule has 0 radical (unpaired) electrons. The van der Waals surface area contributed by atoms with Gasteiger partial charge in [0.05, 0.1) is 12.8 Å². The Morgan fingerprint density at radius 1 is 1.10 bits per heavy atom. The maximum absolute atomic E-state index is 10.5. The number of fused-ring (bicyclic) bond motifs is 1. The predicted octanol–water partition coefficient (Wildman–Crippen LogP) is 4.33. The van der Waals surface area contributed by atoms with Crippen molar-refractivity contribution in [3.8, 4) is 17.2 Å². The lowest BCUT2D eigenvalue weighted by atomic mass is 10.0. The van der Waals surface area contributed by atoms with Crippen LogP contribution in [0.1, 0.15) is 24.1 Å². The highest BCUT2D eigenvalue weighted by molar-refractivity contribution is 5.89. The maximum atomic E-state index is 10.5. The van der Waals surface area contributed by atoms with E-state index in [1.165, 1.54) is 11.9 Å². The van der Waals surface area contributed by atoms with E-state index in [0.717, 1.165) is 27.8 Å². The number of nitrogens with zero attached hydrogens (tertiary/aromatic N) is 4. The molecule has 29 heavy (non-hydrogen) atoms. The first-order chi connectivity index (χ1) is 14.1. The van der Waals surface area contributed by atoms with Crippen LogP contribution in [0.5, 0.6) is 11.5 Å². The fourth-order valence-corrected chi connectivity index (χ4v) is 3.53. The second-order valence-electron chi connectivity index (χ2n) is 7.17. The van der Waals surface area contributed by atoms with Crippen LogP contribution >= 0.6 is 0 Å². The molecule has 0 amide bonds. The fraction of sp³-hybridized carbons (Fsp3) is 0.217. The van der Waals surface area contributed by atoms with Crippen molar-refractivity contribution in [2.45, 2.75) is 19.5 Å². The summed E-state index contributed by atoms with van der Waals surface area (Å²) >= 11 is 0. The Bertz CT molecular complexity index is 1110. The van der Waals surface area contributed by atoms with Gasteiger partial charge in [0.2, 0.25) is 0 Å². The minimum Gasteiger partial charge on any atom is -0.508 e. The van der Waals surface area contributed by atoms with Gasteiger partial charge in [0.25, 0.3) is 0 Å². The lowest BCUT2D eigenvalue weighted by molar-refractivity contribution is 0.251. The van der Waals surface area contributed by atoms with Crippen molar-refractivity contribution in [1.29, 1.82) is 0 Å². The van der Waals surface area contributed by atoms with Crippen molar-refractivity contribution >= 4 is 10.8 Å². The zero-order chi connectivity index (χ0) is 20.4. The van der Waals surface area contributed by atoms with Gasteiger partial charge in [-0.25, -0.2) is 9.67 Å². The summed E-state index contributed by atoms with van der Waals surface area (Å²) in [5.74, 6) is 1.08. The van der Waals surface area contributed by atoms with Crippen LogP contribution in [-0.4, -0.2) is 38.9 Å². The van der Waals surface area contributed by atoms with Crippen LogP contribution in [0.2, 0.25) is 0 Å². The molecule has 6 nitrogen and oxygen atoms in total. The van der Waals surface area contributed by atoms with Crippen molar-refractivity contribution < 1.29 is 9.84 Å². The van der Waals surface area contributed by atoms with Gasteiger partial charge in [0, 0.05) is 18.2 Å². The number of hydrogen-bond donors (Lipinski definition) is 1. The zero-order valence-electron chi connectivity index (χ0n) is 16.8. The first-order valence-corrected chi connectivity index (χ1v) is 9.50. The number of ether oxygens (including phenoxy) is 1. The first-order valence-electron chi connectivity index (χ1n) is 9.50. The Morgan fingerprint density at radius 3 is 2.55 bits per heavy atom. The van der Waals surface area contributed by atoms with Crippen LogP contribution in [-0.2, 0) is 6.54 Å². The number of benzene rings is 3. The second-order valence-corrected chi connectivity index (χ2v) is 7.17. The number of methoxy groups -OCH3 is 1. The van der Waals surface area contributed by atoms with Gasteiger partial charge in [0.1, 0.15) is 24.2 Å². The molecule has 4 aromatic rings. The van der Waals surface area contributed by atoms with Crippen LogP contribution in [0, 0.1) is 0 Å². The molecule has 1 atom stereocenters. The van der Waals surface area contributed by atoms with E-state index in [2.05, 4.69) is 41.1 Å². The molecule has 1 aromatic heterocycles. The van der Waals surface area contributed by atoms with E-state index >= 15 is 0 Å². The van der Waals surface area contributed by atoms with Crippen molar-refractivity contribution in [2.75, 3.05) is 14.2 Å². The lowest BCUT2D eigenvalue weighted by Crippen LogP contribution is -2.22. The van der Waals surface area contributed by atoms with Gasteiger partial charge in [-0.15, -0.1) is 0 Å². The van der Waals surface area contributed by atoms with Crippen molar-refractivity contribution in [3.63, 3.8) is 0 Å². The number of hydrogen-bond acceptors (Lipinski definition) is 5. The average Bonchev–Trinajstić information content (AvgIpc) is 3.30. The smallest absolute Gasteiger partial charge is 0.138 e. The van der Waals surface area contributed by atoms with Crippen molar-refractivity contribution in [1.82, 2.24) is 19.7 Å². The quantitative estimate of drug-likeness (QED) is 0.533. The predicted molar refractivity (Wildman–Crippen MR) is 113 cm³/mol. The molecular weight excluding hydrogens is 364 g/mol. The molecule has 0 aliphatic carbocycles. The van der Waals surface area contributed by atoms with Gasteiger partial charge in [0.15, 0.2) is 0 Å². The van der Waals surface area contributed by atoms with Gasteiger partial charge < -0.3 is 9.84 Å². The molecule has 4 rings (SSSR count). The Hall–Kier alpha value is -3.38. The summed E-state index contributed by atoms with van der Waals surface area (Å²) in [5.41, 5.74) is 3.06. The molecule has 148 valence electrons. The Morgan fingerprint density at radius 2 is 1.86 bits per heavy atom. The summed E-state index contributed by atoms with van der Waals surface area (Å²) in [6.07, 6.45) is 3.21. The largest absolute Gasteiger partial charge is 0.508 e. The third-order valence-electron chi connectivity index (χ3n) is 5.44. The second kappa shape index (κ2) is 7.93. The van der Waals surface area contributed by atoms with Crippen molar-refractivity contribution in [2.24, 2.45) is 0 Å². The molecule has 1 N–H and O–H groups in total. The molecule has 0 aliphatic rings. The van der Waals surface area contributed by atoms with E-state index in [9.17, 15) is 5.11 Å². The van der Waals surface area contributed by atoms with E-state index in [0.29, 0.717) is 12.3 Å². The molecule has 3 aromatic carbocycles. The van der Waals surface area contributed by atoms with Gasteiger partial charge in [-0.3, -0.25) is 4.90 Å². The van der Waals surface area contributed by atoms with Gasteiger partial charge >= 0.3 is 0 Å². The van der Waals surface area contributed by atoms with Crippen LogP contribution in [0.15, 0.2) is 67.3 Å². The van der Waals surface area contributed by atoms with Gasteiger partial charge in [-0.05, 0) is 60.6 Å². The fourth-order valence-electron chi connectivity index (χ4n) is 3.53. The van der Waals surface area contributed by atoms with Crippen LogP contribution in [0.25, 0.3) is 16.5 Å². The standard InChI is InChI=1S/C23H24N4O2/c1-16(17-4-8-19(9-5-17)27-15-24-14-25-27)26(2)13-22-21-12-20(29-3)10-6-18(21)7-11-23(22)28/h4-12,14-16,28H,13H2,1-3H3/t16-/m1/s1. The molecule has 0 fully saturated rings. The van der Waals surface area contributed by atoms with Crippen LogP contribution < -0.4 is 4.74 Å². The number of phenols is 1. The van der Waals surface area contributed by atoms with E-state index in [1.807, 2.05) is 36.4 Å². The normalized spacial score (nSPS) is 12.4. The molecular formula is C23H24N4O2. The molecule has 6 heteroatoms. The monoisotopic (exact) mass is 388 g/mol. The van der Waals surface area contributed by atoms with Gasteiger partial charge in [-0.1, -0.05) is 24.3 Å². The van der Waals surface area contributed by atoms with E-state index in [4.69, 9.17) is 4.74 Å². The number of rotatable bonds is 6. The van der Waals surface area contributed by atoms with Gasteiger partial charge in [-0.2, -0.15) is 5.10 Å². The minimum absolute atomic E-state index is 0.167. The number of aromatic hydroxyl groups is 1. The molecule has 0 saturated heterocycles. The highest BCUT2D eigenvalue weighted by Gasteiger charge is 2.16.